The van der Waals surface area contributed by atoms with Gasteiger partial charge in [-0.15, -0.1) is 0 Å². The van der Waals surface area contributed by atoms with Crippen LogP contribution in [0.4, 0.5) is 23.1 Å². The van der Waals surface area contributed by atoms with E-state index in [9.17, 15) is 24.0 Å². The smallest absolute Gasteiger partial charge is 0.255 e. The fourth-order valence-electron chi connectivity index (χ4n) is 9.41. The number of nitrogens with zero attached hydrogens (tertiary/aromatic N) is 5. The van der Waals surface area contributed by atoms with Crippen molar-refractivity contribution in [3.05, 3.63) is 70.9 Å². The van der Waals surface area contributed by atoms with E-state index in [-0.39, 0.29) is 42.1 Å². The molecule has 0 spiro atoms. The molecule has 8 rings (SSSR count). The minimum Gasteiger partial charge on any atom is -0.379 e. The molecule has 320 valence electrons. The summed E-state index contributed by atoms with van der Waals surface area (Å²) >= 11 is 0. The molecule has 5 amide bonds. The average molecular weight is 830 g/mol. The highest BCUT2D eigenvalue weighted by Gasteiger charge is 2.42. The Bertz CT molecular complexity index is 2210. The van der Waals surface area contributed by atoms with Crippen molar-refractivity contribution in [1.82, 2.24) is 30.8 Å². The summed E-state index contributed by atoms with van der Waals surface area (Å²) in [6.45, 7) is 4.13. The van der Waals surface area contributed by atoms with Crippen LogP contribution in [0.3, 0.4) is 0 Å². The van der Waals surface area contributed by atoms with Gasteiger partial charge in [0.05, 0.1) is 19.4 Å². The molecule has 1 saturated heterocycles. The molecule has 3 aliphatic heterocycles. The van der Waals surface area contributed by atoms with Crippen LogP contribution in [0.25, 0.3) is 0 Å². The van der Waals surface area contributed by atoms with Gasteiger partial charge in [-0.3, -0.25) is 29.3 Å². The van der Waals surface area contributed by atoms with Crippen molar-refractivity contribution < 1.29 is 28.7 Å². The molecule has 2 saturated carbocycles. The van der Waals surface area contributed by atoms with Crippen molar-refractivity contribution in [1.29, 1.82) is 0 Å². The molecule has 3 aromatic rings. The van der Waals surface area contributed by atoms with Crippen molar-refractivity contribution in [3.8, 4) is 11.8 Å². The predicted octanol–water partition coefficient (Wildman–Crippen LogP) is 4.57. The summed E-state index contributed by atoms with van der Waals surface area (Å²) in [7, 11) is 1.80. The van der Waals surface area contributed by atoms with Gasteiger partial charge in [-0.05, 0) is 93.3 Å². The minimum atomic E-state index is -0.652. The zero-order valence-corrected chi connectivity index (χ0v) is 35.0. The molecule has 2 atom stereocenters. The van der Waals surface area contributed by atoms with Crippen LogP contribution in [0.2, 0.25) is 0 Å². The third-order valence-corrected chi connectivity index (χ3v) is 12.7. The van der Waals surface area contributed by atoms with Crippen LogP contribution in [0.15, 0.2) is 48.7 Å². The largest absolute Gasteiger partial charge is 0.379 e. The van der Waals surface area contributed by atoms with E-state index in [1.807, 2.05) is 30.3 Å². The molecule has 0 bridgehead atoms. The molecule has 15 heteroatoms. The number of aromatic nitrogens is 2. The molecule has 2 aliphatic carbocycles. The number of anilines is 4. The SMILES string of the molecule is CC[C@@H]1C(=O)N(C)c2cnc(Nc3ccc(C(=O)N[C@H]4CC[C@@H](NCCOCCC#Cc5cccc6c5CN([C@H]5CCC(=O)NC5=O)C6=O)CC4)cc3)nc2N1C1CCCC1. The third-order valence-electron chi connectivity index (χ3n) is 12.7. The summed E-state index contributed by atoms with van der Waals surface area (Å²) in [5.74, 6) is 6.65. The molecule has 2 aromatic carbocycles. The quantitative estimate of drug-likeness (QED) is 0.108. The van der Waals surface area contributed by atoms with Crippen LogP contribution in [-0.2, 0) is 25.7 Å². The van der Waals surface area contributed by atoms with Gasteiger partial charge in [-0.25, -0.2) is 4.98 Å². The molecule has 4 N–H and O–H groups in total. The number of carbonyl (C=O) groups is 5. The van der Waals surface area contributed by atoms with Crippen molar-refractivity contribution in [2.45, 2.75) is 121 Å². The van der Waals surface area contributed by atoms with Gasteiger partial charge >= 0.3 is 0 Å². The molecule has 3 fully saturated rings. The van der Waals surface area contributed by atoms with Crippen LogP contribution in [0.5, 0.6) is 0 Å². The Morgan fingerprint density at radius 2 is 1.72 bits per heavy atom. The summed E-state index contributed by atoms with van der Waals surface area (Å²) < 4.78 is 5.83. The Morgan fingerprint density at radius 1 is 0.951 bits per heavy atom. The van der Waals surface area contributed by atoms with E-state index in [4.69, 9.17) is 9.72 Å². The van der Waals surface area contributed by atoms with Crippen molar-refractivity contribution in [2.75, 3.05) is 41.9 Å². The molecule has 0 radical (unpaired) electrons. The third kappa shape index (κ3) is 9.25. The van der Waals surface area contributed by atoms with Gasteiger partial charge in [-0.2, -0.15) is 4.98 Å². The van der Waals surface area contributed by atoms with E-state index in [2.05, 4.69) is 49.9 Å². The monoisotopic (exact) mass is 829 g/mol. The number of ether oxygens (including phenoxy) is 1. The van der Waals surface area contributed by atoms with Gasteiger partial charge in [0, 0.05) is 73.5 Å². The van der Waals surface area contributed by atoms with Gasteiger partial charge in [0.1, 0.15) is 17.8 Å². The second-order valence-electron chi connectivity index (χ2n) is 16.6. The summed E-state index contributed by atoms with van der Waals surface area (Å²) in [5, 5.41) is 12.4. The van der Waals surface area contributed by atoms with Crippen LogP contribution in [-0.4, -0.2) is 101 Å². The van der Waals surface area contributed by atoms with E-state index in [0.29, 0.717) is 68.2 Å². The molecule has 5 aliphatic rings. The van der Waals surface area contributed by atoms with E-state index >= 15 is 0 Å². The normalized spacial score (nSPS) is 22.7. The first-order chi connectivity index (χ1) is 29.7. The zero-order chi connectivity index (χ0) is 42.5. The average Bonchev–Trinajstić information content (AvgIpc) is 3.92. The maximum atomic E-state index is 13.2. The number of fused-ring (bicyclic) bond motifs is 2. The van der Waals surface area contributed by atoms with Gasteiger partial charge < -0.3 is 35.4 Å². The number of likely N-dealkylation sites (N-methyl/N-ethyl adjacent to an activating group) is 1. The highest BCUT2D eigenvalue weighted by atomic mass is 16.5. The number of nitrogens with one attached hydrogen (secondary N) is 4. The lowest BCUT2D eigenvalue weighted by Gasteiger charge is -2.43. The summed E-state index contributed by atoms with van der Waals surface area (Å²) in [5.41, 5.74) is 4.23. The van der Waals surface area contributed by atoms with E-state index < -0.39 is 11.9 Å². The Hall–Kier alpha value is -5.85. The van der Waals surface area contributed by atoms with Crippen LogP contribution in [0.1, 0.15) is 116 Å². The molecule has 61 heavy (non-hydrogen) atoms. The summed E-state index contributed by atoms with van der Waals surface area (Å²) in [4.78, 5) is 78.4. The molecular weight excluding hydrogens is 775 g/mol. The summed E-state index contributed by atoms with van der Waals surface area (Å²) in [6.07, 6.45) is 11.7. The number of piperidine rings is 1. The minimum absolute atomic E-state index is 0.0848. The Morgan fingerprint density at radius 3 is 2.48 bits per heavy atom. The molecule has 15 nitrogen and oxygen atoms in total. The Balaban J connectivity index is 0.734. The van der Waals surface area contributed by atoms with Crippen LogP contribution < -0.4 is 31.1 Å². The maximum Gasteiger partial charge on any atom is 0.255 e. The second-order valence-corrected chi connectivity index (χ2v) is 16.6. The van der Waals surface area contributed by atoms with Crippen molar-refractivity contribution in [3.63, 3.8) is 0 Å². The van der Waals surface area contributed by atoms with E-state index in [0.717, 1.165) is 86.2 Å². The number of amides is 5. The first kappa shape index (κ1) is 41.9. The molecule has 1 aromatic heterocycles. The second kappa shape index (κ2) is 18.8. The van der Waals surface area contributed by atoms with Gasteiger partial charge in [0.25, 0.3) is 11.8 Å². The Kier molecular flexibility index (Phi) is 12.9. The van der Waals surface area contributed by atoms with Crippen LogP contribution >= 0.6 is 0 Å². The number of hydrogen-bond acceptors (Lipinski definition) is 11. The highest BCUT2D eigenvalue weighted by molar-refractivity contribution is 6.06. The van der Waals surface area contributed by atoms with Gasteiger partial charge in [-0.1, -0.05) is 37.7 Å². The molecular formula is C46H55N9O6. The predicted molar refractivity (Wildman–Crippen MR) is 230 cm³/mol. The topological polar surface area (TPSA) is 178 Å². The number of imide groups is 1. The van der Waals surface area contributed by atoms with Crippen molar-refractivity contribution >= 4 is 52.7 Å². The number of carbonyl (C=O) groups excluding carboxylic acids is 5. The van der Waals surface area contributed by atoms with Crippen LogP contribution in [0, 0.1) is 11.8 Å². The number of benzene rings is 2. The molecule has 4 heterocycles. The van der Waals surface area contributed by atoms with E-state index in [1.165, 1.54) is 0 Å². The number of rotatable bonds is 13. The van der Waals surface area contributed by atoms with Gasteiger partial charge in [0.2, 0.25) is 23.7 Å². The zero-order valence-electron chi connectivity index (χ0n) is 35.0. The highest BCUT2D eigenvalue weighted by Crippen LogP contribution is 2.40. The fourth-order valence-corrected chi connectivity index (χ4v) is 9.41. The van der Waals surface area contributed by atoms with Gasteiger partial charge in [0.15, 0.2) is 5.82 Å². The van der Waals surface area contributed by atoms with E-state index in [1.54, 1.807) is 35.2 Å². The first-order valence-corrected chi connectivity index (χ1v) is 21.9. The first-order valence-electron chi connectivity index (χ1n) is 21.9. The van der Waals surface area contributed by atoms with Crippen molar-refractivity contribution in [2.24, 2.45) is 0 Å². The fraction of sp³-hybridized carbons (Fsp3) is 0.500. The maximum absolute atomic E-state index is 13.2. The summed E-state index contributed by atoms with van der Waals surface area (Å²) in [6, 6.07) is 12.7. The standard InChI is InChI=1S/C46H55N9O6/c1-3-37-45(60)53(2)39-27-48-46(52-41(39)55(37)34-11-4-5-12-34)50-33-16-14-30(15-17-33)42(57)49-32-20-18-31(19-21-32)47-24-26-61-25-7-6-9-29-10-8-13-35-36(29)28-54(44(35)59)38-22-23-40(56)51-43(38)58/h8,10,13-17,27,31-32,34,37-38,47H,3-5,7,11-12,18-26,28H2,1-2H3,(H,49,57)(H,48,50,52)(H,51,56,58)/t31-,32+,37-,38+/m1/s1. The number of hydrogen-bond donors (Lipinski definition) is 4. The molecule has 0 unspecified atom stereocenters. The lowest BCUT2D eigenvalue weighted by Crippen LogP contribution is -2.55. The Labute approximate surface area is 356 Å². The lowest BCUT2D eigenvalue weighted by atomic mass is 9.91. The lowest BCUT2D eigenvalue weighted by molar-refractivity contribution is -0.137.